The second kappa shape index (κ2) is 6.21. The number of benzene rings is 2. The van der Waals surface area contributed by atoms with Gasteiger partial charge in [-0.15, -0.1) is 11.8 Å². The zero-order valence-electron chi connectivity index (χ0n) is 14.4. The summed E-state index contributed by atoms with van der Waals surface area (Å²) in [7, 11) is 1.62. The average Bonchev–Trinajstić information content (AvgIpc) is 2.65. The van der Waals surface area contributed by atoms with Crippen molar-refractivity contribution >= 4 is 34.1 Å². The van der Waals surface area contributed by atoms with E-state index in [-0.39, 0.29) is 23.1 Å². The van der Waals surface area contributed by atoms with Crippen molar-refractivity contribution in [3.05, 3.63) is 64.4 Å². The van der Waals surface area contributed by atoms with Gasteiger partial charge in [-0.1, -0.05) is 24.3 Å². The molecule has 0 unspecified atom stereocenters. The van der Waals surface area contributed by atoms with Gasteiger partial charge in [0, 0.05) is 29.1 Å². The Morgan fingerprint density at radius 3 is 2.65 bits per heavy atom. The summed E-state index contributed by atoms with van der Waals surface area (Å²) in [5.74, 6) is -0.589. The van der Waals surface area contributed by atoms with Gasteiger partial charge < -0.3 is 15.0 Å². The number of carbonyl (C=O) groups excluding carboxylic acids is 1. The van der Waals surface area contributed by atoms with E-state index in [1.807, 2.05) is 31.2 Å². The Labute approximate surface area is 154 Å². The number of Topliss-reactive ketones (excluding diaryl/α,β-unsaturated/α-hetero) is 1. The predicted octanol–water partition coefficient (Wildman–Crippen LogP) is 3.40. The number of hydrogen-bond acceptors (Lipinski definition) is 5. The smallest absolute Gasteiger partial charge is 0.265 e. The molecule has 4 rings (SSSR count). The number of aryl methyl sites for hydroxylation is 1. The molecule has 0 fully saturated rings. The van der Waals surface area contributed by atoms with Crippen LogP contribution >= 0.6 is 11.8 Å². The van der Waals surface area contributed by atoms with Crippen molar-refractivity contribution in [2.45, 2.75) is 23.1 Å². The summed E-state index contributed by atoms with van der Waals surface area (Å²) in [5.41, 5.74) is 0.957. The van der Waals surface area contributed by atoms with E-state index >= 15 is 0 Å². The Bertz CT molecular complexity index is 1090. The van der Waals surface area contributed by atoms with E-state index in [1.165, 1.54) is 16.3 Å². The number of aromatic nitrogens is 1. The van der Waals surface area contributed by atoms with E-state index in [4.69, 9.17) is 0 Å². The molecule has 3 aromatic rings. The predicted molar refractivity (Wildman–Crippen MR) is 104 cm³/mol. The Hall–Kier alpha value is -2.73. The Balaban J connectivity index is 1.84. The van der Waals surface area contributed by atoms with Crippen molar-refractivity contribution in [2.24, 2.45) is 7.05 Å². The minimum absolute atomic E-state index is 0.142. The first kappa shape index (κ1) is 16.7. The van der Waals surface area contributed by atoms with Crippen LogP contribution in [0.25, 0.3) is 10.9 Å². The number of nitrogens with zero attached hydrogens (tertiary/aromatic N) is 1. The van der Waals surface area contributed by atoms with Gasteiger partial charge in [-0.2, -0.15) is 0 Å². The lowest BCUT2D eigenvalue weighted by atomic mass is 10.0. The van der Waals surface area contributed by atoms with E-state index < -0.39 is 10.8 Å². The van der Waals surface area contributed by atoms with Gasteiger partial charge in [0.2, 0.25) is 0 Å². The number of ketones is 1. The zero-order valence-corrected chi connectivity index (χ0v) is 15.2. The van der Waals surface area contributed by atoms with Crippen LogP contribution in [0.15, 0.2) is 58.2 Å². The maximum Gasteiger partial charge on any atom is 0.265 e. The lowest BCUT2D eigenvalue weighted by Crippen LogP contribution is -2.40. The van der Waals surface area contributed by atoms with Crippen molar-refractivity contribution in [3.63, 3.8) is 0 Å². The SMILES string of the molecule is C[C@@H]1Nc2ccccc2S[C@@H]1C(=O)c1c(O)c2ccccc2n(C)c1=O. The van der Waals surface area contributed by atoms with Crippen LogP contribution in [0.3, 0.4) is 0 Å². The first-order chi connectivity index (χ1) is 12.5. The number of fused-ring (bicyclic) bond motifs is 2. The number of para-hydroxylation sites is 2. The maximum absolute atomic E-state index is 13.2. The van der Waals surface area contributed by atoms with Crippen molar-refractivity contribution in [3.8, 4) is 5.75 Å². The summed E-state index contributed by atoms with van der Waals surface area (Å²) in [5, 5.41) is 14.0. The standard InChI is InChI=1S/C20H18N2O3S/c1-11-19(26-15-10-6-4-8-13(15)21-11)18(24)16-17(23)12-7-3-5-9-14(12)22(2)20(16)25/h3-11,19,21,23H,1-2H3/t11-,19-/m0/s1. The van der Waals surface area contributed by atoms with Crippen LogP contribution in [0, 0.1) is 0 Å². The highest BCUT2D eigenvalue weighted by atomic mass is 32.2. The highest BCUT2D eigenvalue weighted by Gasteiger charge is 2.35. The fourth-order valence-corrected chi connectivity index (χ4v) is 4.55. The van der Waals surface area contributed by atoms with Gasteiger partial charge in [-0.05, 0) is 31.2 Å². The van der Waals surface area contributed by atoms with Gasteiger partial charge in [0.05, 0.1) is 10.8 Å². The third-order valence-corrected chi connectivity index (χ3v) is 6.25. The summed E-state index contributed by atoms with van der Waals surface area (Å²) < 4.78 is 1.42. The number of carbonyl (C=O) groups is 1. The van der Waals surface area contributed by atoms with Gasteiger partial charge in [0.25, 0.3) is 5.56 Å². The Morgan fingerprint density at radius 1 is 1.15 bits per heavy atom. The highest BCUT2D eigenvalue weighted by molar-refractivity contribution is 8.01. The molecule has 1 aliphatic rings. The zero-order chi connectivity index (χ0) is 18.4. The van der Waals surface area contributed by atoms with E-state index in [0.717, 1.165) is 10.6 Å². The molecule has 0 radical (unpaired) electrons. The molecule has 1 aromatic heterocycles. The topological polar surface area (TPSA) is 71.3 Å². The Kier molecular flexibility index (Phi) is 4.00. The van der Waals surface area contributed by atoms with E-state index in [9.17, 15) is 14.7 Å². The van der Waals surface area contributed by atoms with Crippen LogP contribution < -0.4 is 10.9 Å². The number of nitrogens with one attached hydrogen (secondary N) is 1. The van der Waals surface area contributed by atoms with E-state index in [0.29, 0.717) is 10.9 Å². The van der Waals surface area contributed by atoms with Gasteiger partial charge in [0.1, 0.15) is 11.3 Å². The number of aromatic hydroxyl groups is 1. The summed E-state index contributed by atoms with van der Waals surface area (Å²) in [6, 6.07) is 14.6. The largest absolute Gasteiger partial charge is 0.506 e. The first-order valence-electron chi connectivity index (χ1n) is 8.36. The van der Waals surface area contributed by atoms with Gasteiger partial charge >= 0.3 is 0 Å². The van der Waals surface area contributed by atoms with Crippen LogP contribution in [0.2, 0.25) is 0 Å². The van der Waals surface area contributed by atoms with Crippen LogP contribution in [0.5, 0.6) is 5.75 Å². The lowest BCUT2D eigenvalue weighted by Gasteiger charge is -2.31. The first-order valence-corrected chi connectivity index (χ1v) is 9.24. The quantitative estimate of drug-likeness (QED) is 0.680. The van der Waals surface area contributed by atoms with Gasteiger partial charge in [-0.3, -0.25) is 9.59 Å². The number of rotatable bonds is 2. The number of pyridine rings is 1. The molecule has 0 amide bonds. The Morgan fingerprint density at radius 2 is 1.85 bits per heavy atom. The molecular formula is C20H18N2O3S. The van der Waals surface area contributed by atoms with Gasteiger partial charge in [-0.25, -0.2) is 0 Å². The molecule has 1 aliphatic heterocycles. The fraction of sp³-hybridized carbons (Fsp3) is 0.200. The number of hydrogen-bond donors (Lipinski definition) is 2. The molecule has 132 valence electrons. The molecule has 5 nitrogen and oxygen atoms in total. The molecule has 2 N–H and O–H groups in total. The minimum atomic E-state index is -0.496. The highest BCUT2D eigenvalue weighted by Crippen LogP contribution is 2.39. The normalized spacial score (nSPS) is 19.0. The second-order valence-electron chi connectivity index (χ2n) is 6.44. The van der Waals surface area contributed by atoms with Crippen molar-refractivity contribution < 1.29 is 9.90 Å². The molecule has 2 heterocycles. The molecule has 0 aliphatic carbocycles. The fourth-order valence-electron chi connectivity index (χ4n) is 3.37. The summed E-state index contributed by atoms with van der Waals surface area (Å²) in [6.45, 7) is 1.91. The summed E-state index contributed by atoms with van der Waals surface area (Å²) >= 11 is 1.43. The molecule has 0 bridgehead atoms. The minimum Gasteiger partial charge on any atom is -0.506 e. The van der Waals surface area contributed by atoms with Crippen LogP contribution in [0.1, 0.15) is 17.3 Å². The van der Waals surface area contributed by atoms with Crippen molar-refractivity contribution in [1.82, 2.24) is 4.57 Å². The average molecular weight is 366 g/mol. The molecule has 26 heavy (non-hydrogen) atoms. The number of thioether (sulfide) groups is 1. The molecule has 2 atom stereocenters. The molecule has 0 saturated carbocycles. The van der Waals surface area contributed by atoms with Crippen molar-refractivity contribution in [1.29, 1.82) is 0 Å². The number of anilines is 1. The summed E-state index contributed by atoms with van der Waals surface area (Å²) in [6.07, 6.45) is 0. The van der Waals surface area contributed by atoms with E-state index in [1.54, 1.807) is 31.3 Å². The maximum atomic E-state index is 13.2. The third-order valence-electron chi connectivity index (χ3n) is 4.76. The molecule has 2 aromatic carbocycles. The molecule has 6 heteroatoms. The van der Waals surface area contributed by atoms with Crippen molar-refractivity contribution in [2.75, 3.05) is 5.32 Å². The molecule has 0 saturated heterocycles. The lowest BCUT2D eigenvalue weighted by molar-refractivity contribution is 0.0980. The van der Waals surface area contributed by atoms with E-state index in [2.05, 4.69) is 5.32 Å². The second-order valence-corrected chi connectivity index (χ2v) is 7.62. The molecular weight excluding hydrogens is 348 g/mol. The van der Waals surface area contributed by atoms with Crippen LogP contribution in [-0.4, -0.2) is 26.7 Å². The van der Waals surface area contributed by atoms with Crippen LogP contribution in [0.4, 0.5) is 5.69 Å². The summed E-state index contributed by atoms with van der Waals surface area (Å²) in [4.78, 5) is 27.0. The third kappa shape index (κ3) is 2.49. The van der Waals surface area contributed by atoms with Crippen LogP contribution in [-0.2, 0) is 7.05 Å². The monoisotopic (exact) mass is 366 g/mol. The molecule has 0 spiro atoms. The van der Waals surface area contributed by atoms with Gasteiger partial charge in [0.15, 0.2) is 5.78 Å².